The van der Waals surface area contributed by atoms with Crippen LogP contribution in [-0.4, -0.2) is 17.0 Å². The molecule has 28 heavy (non-hydrogen) atoms. The van der Waals surface area contributed by atoms with E-state index in [2.05, 4.69) is 5.32 Å². The molecule has 2 N–H and O–H groups in total. The Morgan fingerprint density at radius 1 is 0.893 bits per heavy atom. The van der Waals surface area contributed by atoms with Crippen LogP contribution in [0.2, 0.25) is 0 Å². The summed E-state index contributed by atoms with van der Waals surface area (Å²) in [7, 11) is 0. The zero-order chi connectivity index (χ0) is 19.9. The predicted molar refractivity (Wildman–Crippen MR) is 102 cm³/mol. The van der Waals surface area contributed by atoms with Crippen molar-refractivity contribution in [3.63, 3.8) is 0 Å². The maximum absolute atomic E-state index is 13.6. The lowest BCUT2D eigenvalue weighted by Gasteiger charge is -2.08. The van der Waals surface area contributed by atoms with Gasteiger partial charge >= 0.3 is 5.97 Å². The highest BCUT2D eigenvalue weighted by Gasteiger charge is 2.13. The number of carbonyl (C=O) groups excluding carboxylic acids is 1. The maximum atomic E-state index is 13.6. The van der Waals surface area contributed by atoms with Crippen molar-refractivity contribution < 1.29 is 23.8 Å². The normalized spacial score (nSPS) is 11.0. The van der Waals surface area contributed by atoms with E-state index in [9.17, 15) is 19.1 Å². The number of halogens is 1. The standard InChI is InChI=1S/C22H16FNO4/c23-18-8-4-5-9-20(18)28-17-12-10-15(11-13-17)14-19(22(26)27)24-21(25)16-6-2-1-3-7-16/h1-14H,(H,24,25)(H,26,27)/b19-14-. The minimum absolute atomic E-state index is 0.0899. The Hall–Kier alpha value is -3.93. The molecule has 0 aromatic heterocycles. The number of benzene rings is 3. The molecule has 0 aliphatic heterocycles. The van der Waals surface area contributed by atoms with Gasteiger partial charge in [0, 0.05) is 5.56 Å². The molecule has 0 aliphatic rings. The molecular formula is C22H16FNO4. The summed E-state index contributed by atoms with van der Waals surface area (Å²) in [5.41, 5.74) is 0.617. The van der Waals surface area contributed by atoms with Gasteiger partial charge in [-0.15, -0.1) is 0 Å². The maximum Gasteiger partial charge on any atom is 0.352 e. The molecule has 0 saturated heterocycles. The number of carbonyl (C=O) groups is 2. The molecule has 0 saturated carbocycles. The molecule has 0 fully saturated rings. The number of hydrogen-bond donors (Lipinski definition) is 2. The van der Waals surface area contributed by atoms with Crippen molar-refractivity contribution in [3.05, 3.63) is 102 Å². The summed E-state index contributed by atoms with van der Waals surface area (Å²) in [5, 5.41) is 11.7. The van der Waals surface area contributed by atoms with Gasteiger partial charge in [-0.05, 0) is 48.0 Å². The summed E-state index contributed by atoms with van der Waals surface area (Å²) >= 11 is 0. The van der Waals surface area contributed by atoms with Crippen LogP contribution in [0.5, 0.6) is 11.5 Å². The van der Waals surface area contributed by atoms with Crippen molar-refractivity contribution >= 4 is 18.0 Å². The summed E-state index contributed by atoms with van der Waals surface area (Å²) in [6.45, 7) is 0. The first kappa shape index (κ1) is 18.8. The van der Waals surface area contributed by atoms with Gasteiger partial charge in [0.15, 0.2) is 11.6 Å². The molecule has 3 aromatic carbocycles. The summed E-state index contributed by atoms with van der Waals surface area (Å²) in [4.78, 5) is 23.6. The second kappa shape index (κ2) is 8.64. The molecular weight excluding hydrogens is 361 g/mol. The van der Waals surface area contributed by atoms with E-state index in [1.807, 2.05) is 0 Å². The average molecular weight is 377 g/mol. The van der Waals surface area contributed by atoms with Gasteiger partial charge in [0.25, 0.3) is 5.91 Å². The predicted octanol–water partition coefficient (Wildman–Crippen LogP) is 4.47. The third kappa shape index (κ3) is 4.82. The zero-order valence-corrected chi connectivity index (χ0v) is 14.6. The third-order valence-electron chi connectivity index (χ3n) is 3.77. The number of ether oxygens (including phenoxy) is 1. The first-order chi connectivity index (χ1) is 13.5. The van der Waals surface area contributed by atoms with E-state index in [-0.39, 0.29) is 11.4 Å². The van der Waals surface area contributed by atoms with Crippen LogP contribution in [0.15, 0.2) is 84.6 Å². The Bertz CT molecular complexity index is 1010. The van der Waals surface area contributed by atoms with Gasteiger partial charge in [-0.3, -0.25) is 4.79 Å². The minimum atomic E-state index is -1.27. The highest BCUT2D eigenvalue weighted by molar-refractivity contribution is 6.02. The first-order valence-corrected chi connectivity index (χ1v) is 8.37. The van der Waals surface area contributed by atoms with E-state index in [0.717, 1.165) is 0 Å². The fourth-order valence-electron chi connectivity index (χ4n) is 2.39. The lowest BCUT2D eigenvalue weighted by molar-refractivity contribution is -0.132. The van der Waals surface area contributed by atoms with Gasteiger partial charge < -0.3 is 15.2 Å². The third-order valence-corrected chi connectivity index (χ3v) is 3.77. The molecule has 0 aliphatic carbocycles. The fraction of sp³-hybridized carbons (Fsp3) is 0. The van der Waals surface area contributed by atoms with Crippen molar-refractivity contribution in [3.8, 4) is 11.5 Å². The summed E-state index contributed by atoms with van der Waals surface area (Å²) in [6.07, 6.45) is 1.33. The van der Waals surface area contributed by atoms with Gasteiger partial charge in [0.05, 0.1) is 0 Å². The van der Waals surface area contributed by atoms with Crippen LogP contribution in [0.1, 0.15) is 15.9 Å². The van der Waals surface area contributed by atoms with Crippen molar-refractivity contribution in [1.82, 2.24) is 5.32 Å². The first-order valence-electron chi connectivity index (χ1n) is 8.37. The van der Waals surface area contributed by atoms with Crippen LogP contribution in [-0.2, 0) is 4.79 Å². The van der Waals surface area contributed by atoms with Crippen molar-refractivity contribution in [2.45, 2.75) is 0 Å². The Morgan fingerprint density at radius 3 is 2.18 bits per heavy atom. The highest BCUT2D eigenvalue weighted by atomic mass is 19.1. The number of para-hydroxylation sites is 1. The Kier molecular flexibility index (Phi) is 5.81. The quantitative estimate of drug-likeness (QED) is 0.622. The molecule has 0 bridgehead atoms. The van der Waals surface area contributed by atoms with Gasteiger partial charge in [-0.1, -0.05) is 42.5 Å². The summed E-state index contributed by atoms with van der Waals surface area (Å²) in [6, 6.07) is 20.7. The highest BCUT2D eigenvalue weighted by Crippen LogP contribution is 2.24. The Balaban J connectivity index is 1.75. The lowest BCUT2D eigenvalue weighted by Crippen LogP contribution is -2.27. The van der Waals surface area contributed by atoms with Crippen LogP contribution in [0.25, 0.3) is 6.08 Å². The van der Waals surface area contributed by atoms with E-state index in [1.54, 1.807) is 66.7 Å². The molecule has 0 radical (unpaired) electrons. The van der Waals surface area contributed by atoms with Crippen LogP contribution < -0.4 is 10.1 Å². The molecule has 6 heteroatoms. The molecule has 3 aromatic rings. The summed E-state index contributed by atoms with van der Waals surface area (Å²) < 4.78 is 19.1. The van der Waals surface area contributed by atoms with Gasteiger partial charge in [0.1, 0.15) is 11.4 Å². The monoisotopic (exact) mass is 377 g/mol. The van der Waals surface area contributed by atoms with Crippen LogP contribution in [0.4, 0.5) is 4.39 Å². The SMILES string of the molecule is O=C(O)/C(=C/c1ccc(Oc2ccccc2F)cc1)NC(=O)c1ccccc1. The van der Waals surface area contributed by atoms with Gasteiger partial charge in [0.2, 0.25) is 0 Å². The molecule has 0 heterocycles. The Morgan fingerprint density at radius 2 is 1.54 bits per heavy atom. The van der Waals surface area contributed by atoms with Gasteiger partial charge in [-0.25, -0.2) is 9.18 Å². The number of aliphatic carboxylic acids is 1. The van der Waals surface area contributed by atoms with E-state index in [4.69, 9.17) is 4.74 Å². The van der Waals surface area contributed by atoms with Crippen LogP contribution in [0.3, 0.4) is 0 Å². The molecule has 140 valence electrons. The van der Waals surface area contributed by atoms with E-state index in [1.165, 1.54) is 18.2 Å². The number of carboxylic acid groups (broad SMARTS) is 1. The fourth-order valence-corrected chi connectivity index (χ4v) is 2.39. The molecule has 5 nitrogen and oxygen atoms in total. The molecule has 0 atom stereocenters. The topological polar surface area (TPSA) is 75.6 Å². The molecule has 0 spiro atoms. The van der Waals surface area contributed by atoms with E-state index >= 15 is 0 Å². The average Bonchev–Trinajstić information content (AvgIpc) is 2.71. The van der Waals surface area contributed by atoms with Crippen LogP contribution >= 0.6 is 0 Å². The van der Waals surface area contributed by atoms with Crippen molar-refractivity contribution in [2.75, 3.05) is 0 Å². The van der Waals surface area contributed by atoms with Crippen LogP contribution in [0, 0.1) is 5.82 Å². The number of carboxylic acids is 1. The Labute approximate surface area is 160 Å². The number of rotatable bonds is 6. The minimum Gasteiger partial charge on any atom is -0.477 e. The smallest absolute Gasteiger partial charge is 0.352 e. The lowest BCUT2D eigenvalue weighted by atomic mass is 10.1. The molecule has 0 unspecified atom stereocenters. The second-order valence-electron chi connectivity index (χ2n) is 5.78. The zero-order valence-electron chi connectivity index (χ0n) is 14.6. The molecule has 3 rings (SSSR count). The second-order valence-corrected chi connectivity index (χ2v) is 5.78. The number of hydrogen-bond acceptors (Lipinski definition) is 3. The largest absolute Gasteiger partial charge is 0.477 e. The number of nitrogens with one attached hydrogen (secondary N) is 1. The summed E-state index contributed by atoms with van der Waals surface area (Å²) in [5.74, 6) is -1.78. The van der Waals surface area contributed by atoms with Crippen molar-refractivity contribution in [2.24, 2.45) is 0 Å². The van der Waals surface area contributed by atoms with E-state index < -0.39 is 17.7 Å². The van der Waals surface area contributed by atoms with Gasteiger partial charge in [-0.2, -0.15) is 0 Å². The molecule has 1 amide bonds. The number of amides is 1. The van der Waals surface area contributed by atoms with E-state index in [0.29, 0.717) is 16.9 Å². The van der Waals surface area contributed by atoms with Crippen molar-refractivity contribution in [1.29, 1.82) is 0 Å².